The van der Waals surface area contributed by atoms with Gasteiger partial charge in [-0.15, -0.1) is 0 Å². The van der Waals surface area contributed by atoms with Crippen LogP contribution >= 0.6 is 22.6 Å². The minimum atomic E-state index is -0.746. The highest BCUT2D eigenvalue weighted by atomic mass is 127. The Bertz CT molecular complexity index is 298. The fourth-order valence-electron chi connectivity index (χ4n) is 1.54. The molecule has 1 N–H and O–H groups in total. The van der Waals surface area contributed by atoms with E-state index < -0.39 is 5.60 Å². The summed E-state index contributed by atoms with van der Waals surface area (Å²) in [5.74, 6) is 0. The van der Waals surface area contributed by atoms with Gasteiger partial charge in [0.25, 0.3) is 0 Å². The molecule has 0 aliphatic heterocycles. The molecule has 0 aliphatic rings. The van der Waals surface area contributed by atoms with E-state index in [1.54, 1.807) is 0 Å². The third-order valence-electron chi connectivity index (χ3n) is 2.48. The second-order valence-electron chi connectivity index (χ2n) is 4.22. The molecule has 1 rings (SSSR count). The molecule has 0 bridgehead atoms. The van der Waals surface area contributed by atoms with Crippen molar-refractivity contribution in [1.29, 1.82) is 0 Å². The molecule has 1 aromatic rings. The number of alkyl halides is 1. The number of benzene rings is 1. The number of ether oxygens (including phenoxy) is 1. The van der Waals surface area contributed by atoms with Gasteiger partial charge in [0.1, 0.15) is 4.11 Å². The van der Waals surface area contributed by atoms with Crippen molar-refractivity contribution in [3.05, 3.63) is 35.9 Å². The van der Waals surface area contributed by atoms with Gasteiger partial charge >= 0.3 is 0 Å². The Morgan fingerprint density at radius 1 is 1.38 bits per heavy atom. The van der Waals surface area contributed by atoms with E-state index in [9.17, 15) is 5.11 Å². The lowest BCUT2D eigenvalue weighted by Gasteiger charge is -2.28. The van der Waals surface area contributed by atoms with Crippen LogP contribution in [0.2, 0.25) is 0 Å². The van der Waals surface area contributed by atoms with Gasteiger partial charge in [0, 0.05) is 0 Å². The smallest absolute Gasteiger partial charge is 0.137 e. The second-order valence-corrected chi connectivity index (χ2v) is 5.35. The summed E-state index contributed by atoms with van der Waals surface area (Å²) in [4.78, 5) is 0. The van der Waals surface area contributed by atoms with Crippen LogP contribution in [0.5, 0.6) is 0 Å². The fraction of sp³-hybridized carbons (Fsp3) is 0.538. The molecule has 0 saturated carbocycles. The van der Waals surface area contributed by atoms with E-state index in [1.165, 1.54) is 0 Å². The molecule has 2 atom stereocenters. The van der Waals surface area contributed by atoms with Crippen molar-refractivity contribution in [2.45, 2.75) is 43.0 Å². The third-order valence-corrected chi connectivity index (χ3v) is 4.19. The maximum Gasteiger partial charge on any atom is 0.137 e. The van der Waals surface area contributed by atoms with Crippen molar-refractivity contribution in [3.63, 3.8) is 0 Å². The van der Waals surface area contributed by atoms with Crippen LogP contribution in [0.15, 0.2) is 30.3 Å². The molecule has 2 unspecified atom stereocenters. The molecule has 16 heavy (non-hydrogen) atoms. The molecule has 0 fully saturated rings. The highest BCUT2D eigenvalue weighted by Gasteiger charge is 2.29. The van der Waals surface area contributed by atoms with Crippen LogP contribution in [0.4, 0.5) is 0 Å². The van der Waals surface area contributed by atoms with E-state index in [4.69, 9.17) is 4.74 Å². The van der Waals surface area contributed by atoms with E-state index >= 15 is 0 Å². The van der Waals surface area contributed by atoms with E-state index in [-0.39, 0.29) is 4.11 Å². The first kappa shape index (κ1) is 13.9. The summed E-state index contributed by atoms with van der Waals surface area (Å²) in [7, 11) is 0. The molecular weight excluding hydrogens is 315 g/mol. The number of halogens is 1. The SMILES string of the molecule is CCCC(C)(O)C(I)OCc1ccccc1. The van der Waals surface area contributed by atoms with Crippen molar-refractivity contribution >= 4 is 22.6 Å². The van der Waals surface area contributed by atoms with Crippen LogP contribution in [0, 0.1) is 0 Å². The molecule has 0 radical (unpaired) electrons. The van der Waals surface area contributed by atoms with Crippen LogP contribution in [-0.2, 0) is 11.3 Å². The van der Waals surface area contributed by atoms with Crippen LogP contribution in [0.25, 0.3) is 0 Å². The summed E-state index contributed by atoms with van der Waals surface area (Å²) in [6.07, 6.45) is 1.72. The Labute approximate surface area is 111 Å². The van der Waals surface area contributed by atoms with E-state index in [0.717, 1.165) is 18.4 Å². The van der Waals surface area contributed by atoms with E-state index in [1.807, 2.05) is 37.3 Å². The van der Waals surface area contributed by atoms with Gasteiger partial charge < -0.3 is 9.84 Å². The molecule has 90 valence electrons. The van der Waals surface area contributed by atoms with Gasteiger partial charge in [0.2, 0.25) is 0 Å². The minimum Gasteiger partial charge on any atom is -0.387 e. The van der Waals surface area contributed by atoms with Crippen LogP contribution in [-0.4, -0.2) is 14.8 Å². The topological polar surface area (TPSA) is 29.5 Å². The first-order valence-electron chi connectivity index (χ1n) is 5.58. The van der Waals surface area contributed by atoms with Crippen molar-refractivity contribution in [2.75, 3.05) is 0 Å². The van der Waals surface area contributed by atoms with Crippen molar-refractivity contribution in [2.24, 2.45) is 0 Å². The Morgan fingerprint density at radius 3 is 2.56 bits per heavy atom. The predicted octanol–water partition coefficient (Wildman–Crippen LogP) is 3.52. The third kappa shape index (κ3) is 4.39. The summed E-state index contributed by atoms with van der Waals surface area (Å²) >= 11 is 2.16. The van der Waals surface area contributed by atoms with E-state index in [0.29, 0.717) is 6.61 Å². The van der Waals surface area contributed by atoms with Crippen LogP contribution in [0.3, 0.4) is 0 Å². The molecule has 0 aliphatic carbocycles. The molecular formula is C13H19IO2. The Kier molecular flexibility index (Phi) is 5.72. The summed E-state index contributed by atoms with van der Waals surface area (Å²) in [6.45, 7) is 4.45. The minimum absolute atomic E-state index is 0.176. The predicted molar refractivity (Wildman–Crippen MR) is 74.6 cm³/mol. The lowest BCUT2D eigenvalue weighted by molar-refractivity contribution is -0.0559. The average Bonchev–Trinajstić information content (AvgIpc) is 2.27. The van der Waals surface area contributed by atoms with Gasteiger partial charge in [0.15, 0.2) is 0 Å². The molecule has 0 spiro atoms. The first-order valence-corrected chi connectivity index (χ1v) is 6.83. The first-order chi connectivity index (χ1) is 7.56. The maximum absolute atomic E-state index is 10.1. The Morgan fingerprint density at radius 2 is 2.00 bits per heavy atom. The standard InChI is InChI=1S/C13H19IO2/c1-3-9-13(2,15)12(14)16-10-11-7-5-4-6-8-11/h4-8,12,15H,3,9-10H2,1-2H3. The zero-order valence-corrected chi connectivity index (χ0v) is 12.0. The molecule has 3 heteroatoms. The quantitative estimate of drug-likeness (QED) is 0.637. The van der Waals surface area contributed by atoms with Crippen LogP contribution < -0.4 is 0 Å². The zero-order chi connectivity index (χ0) is 12.0. The van der Waals surface area contributed by atoms with Gasteiger partial charge in [-0.25, -0.2) is 0 Å². The molecule has 0 heterocycles. The molecule has 0 aromatic heterocycles. The molecule has 1 aromatic carbocycles. The van der Waals surface area contributed by atoms with E-state index in [2.05, 4.69) is 29.5 Å². The van der Waals surface area contributed by atoms with Gasteiger partial charge in [-0.1, -0.05) is 43.7 Å². The number of hydrogen-bond acceptors (Lipinski definition) is 2. The summed E-state index contributed by atoms with van der Waals surface area (Å²) in [5, 5.41) is 10.1. The summed E-state index contributed by atoms with van der Waals surface area (Å²) in [5.41, 5.74) is 0.390. The van der Waals surface area contributed by atoms with Gasteiger partial charge in [-0.05, 0) is 41.5 Å². The van der Waals surface area contributed by atoms with Gasteiger partial charge in [-0.3, -0.25) is 0 Å². The van der Waals surface area contributed by atoms with Crippen molar-refractivity contribution < 1.29 is 9.84 Å². The molecule has 0 amide bonds. The Hall–Kier alpha value is -0.130. The lowest BCUT2D eigenvalue weighted by Crippen LogP contribution is -2.36. The molecule has 0 saturated heterocycles. The Balaban J connectivity index is 2.43. The zero-order valence-electron chi connectivity index (χ0n) is 9.82. The number of aliphatic hydroxyl groups is 1. The second kappa shape index (κ2) is 6.57. The van der Waals surface area contributed by atoms with Gasteiger partial charge in [0.05, 0.1) is 12.2 Å². The monoisotopic (exact) mass is 334 g/mol. The van der Waals surface area contributed by atoms with Gasteiger partial charge in [-0.2, -0.15) is 0 Å². The van der Waals surface area contributed by atoms with Crippen molar-refractivity contribution in [1.82, 2.24) is 0 Å². The molecule has 2 nitrogen and oxygen atoms in total. The lowest BCUT2D eigenvalue weighted by atomic mass is 10.0. The summed E-state index contributed by atoms with van der Waals surface area (Å²) < 4.78 is 5.51. The van der Waals surface area contributed by atoms with Crippen LogP contribution in [0.1, 0.15) is 32.3 Å². The summed E-state index contributed by atoms with van der Waals surface area (Å²) in [6, 6.07) is 10.0. The largest absolute Gasteiger partial charge is 0.387 e. The number of hydrogen-bond donors (Lipinski definition) is 1. The fourth-order valence-corrected chi connectivity index (χ4v) is 2.03. The normalized spacial score (nSPS) is 16.8. The van der Waals surface area contributed by atoms with Crippen molar-refractivity contribution in [3.8, 4) is 0 Å². The maximum atomic E-state index is 10.1. The number of rotatable bonds is 6. The highest BCUT2D eigenvalue weighted by molar-refractivity contribution is 14.1. The average molecular weight is 334 g/mol. The highest BCUT2D eigenvalue weighted by Crippen LogP contribution is 2.25.